The standard InChI is InChI=1S/C30H35F2NO2Si/c1-5-36(6-2,7-3)35-28(25-15-13-22(4)14-16-25)30(31,32)20-19-24-17-18-26(21-27(24)29(33)34)23-11-9-8-10-12-23/h8-21,28H,5-7H2,1-4H3,(H2,33,34)/b20-19+. The van der Waals surface area contributed by atoms with Crippen LogP contribution in [-0.4, -0.2) is 20.1 Å². The van der Waals surface area contributed by atoms with Gasteiger partial charge in [-0.1, -0.05) is 99.1 Å². The third-order valence-corrected chi connectivity index (χ3v) is 11.5. The molecule has 0 aliphatic rings. The molecule has 0 bridgehead atoms. The Labute approximate surface area is 214 Å². The van der Waals surface area contributed by atoms with Gasteiger partial charge >= 0.3 is 0 Å². The molecule has 0 saturated carbocycles. The quantitative estimate of drug-likeness (QED) is 0.266. The molecule has 0 saturated heterocycles. The predicted molar refractivity (Wildman–Crippen MR) is 147 cm³/mol. The van der Waals surface area contributed by atoms with Crippen molar-refractivity contribution in [1.29, 1.82) is 0 Å². The minimum atomic E-state index is -3.31. The van der Waals surface area contributed by atoms with Crippen molar-refractivity contribution in [1.82, 2.24) is 0 Å². The molecule has 0 heterocycles. The highest BCUT2D eigenvalue weighted by atomic mass is 28.4. The number of carbonyl (C=O) groups is 1. The summed E-state index contributed by atoms with van der Waals surface area (Å²) in [6, 6.07) is 24.0. The fourth-order valence-electron chi connectivity index (χ4n) is 4.37. The van der Waals surface area contributed by atoms with E-state index >= 15 is 8.78 Å². The van der Waals surface area contributed by atoms with Gasteiger partial charge in [-0.05, 0) is 59.5 Å². The summed E-state index contributed by atoms with van der Waals surface area (Å²) in [6.07, 6.45) is 0.718. The number of primary amides is 1. The van der Waals surface area contributed by atoms with E-state index in [0.29, 0.717) is 11.1 Å². The first-order valence-electron chi connectivity index (χ1n) is 12.5. The van der Waals surface area contributed by atoms with Crippen LogP contribution in [-0.2, 0) is 4.43 Å². The van der Waals surface area contributed by atoms with Gasteiger partial charge in [0.15, 0.2) is 8.32 Å². The van der Waals surface area contributed by atoms with Crippen molar-refractivity contribution < 1.29 is 18.0 Å². The molecule has 0 spiro atoms. The largest absolute Gasteiger partial charge is 0.404 e. The zero-order chi connectivity index (χ0) is 26.3. The summed E-state index contributed by atoms with van der Waals surface area (Å²) in [7, 11) is -2.36. The average molecular weight is 508 g/mol. The summed E-state index contributed by atoms with van der Waals surface area (Å²) in [5.74, 6) is -3.98. The number of aryl methyl sites for hydroxylation is 1. The molecule has 36 heavy (non-hydrogen) atoms. The third-order valence-electron chi connectivity index (χ3n) is 6.94. The number of halogens is 2. The molecule has 1 atom stereocenters. The van der Waals surface area contributed by atoms with E-state index in [4.69, 9.17) is 10.2 Å². The van der Waals surface area contributed by atoms with Crippen LogP contribution in [0.3, 0.4) is 0 Å². The summed E-state index contributed by atoms with van der Waals surface area (Å²) in [5, 5.41) is 0. The molecule has 6 heteroatoms. The second-order valence-electron chi connectivity index (χ2n) is 9.19. The number of nitrogens with two attached hydrogens (primary N) is 1. The maximum atomic E-state index is 15.9. The summed E-state index contributed by atoms with van der Waals surface area (Å²) in [5.41, 5.74) is 9.29. The van der Waals surface area contributed by atoms with Crippen molar-refractivity contribution in [2.75, 3.05) is 0 Å². The fraction of sp³-hybridized carbons (Fsp3) is 0.300. The lowest BCUT2D eigenvalue weighted by atomic mass is 9.97. The summed E-state index contributed by atoms with van der Waals surface area (Å²) < 4.78 is 38.1. The van der Waals surface area contributed by atoms with Gasteiger partial charge in [-0.2, -0.15) is 8.78 Å². The molecule has 0 aliphatic carbocycles. The lowest BCUT2D eigenvalue weighted by Crippen LogP contribution is -2.41. The number of alkyl halides is 2. The second kappa shape index (κ2) is 11.8. The van der Waals surface area contributed by atoms with Gasteiger partial charge in [0, 0.05) is 5.56 Å². The molecule has 0 aromatic heterocycles. The Morgan fingerprint density at radius 2 is 1.56 bits per heavy atom. The topological polar surface area (TPSA) is 52.3 Å². The number of benzene rings is 3. The van der Waals surface area contributed by atoms with Crippen LogP contribution in [0.2, 0.25) is 18.1 Å². The molecular weight excluding hydrogens is 472 g/mol. The van der Waals surface area contributed by atoms with Gasteiger partial charge in [-0.3, -0.25) is 4.79 Å². The fourth-order valence-corrected chi connectivity index (χ4v) is 7.17. The SMILES string of the molecule is CC[Si](CC)(CC)OC(c1ccc(C)cc1)C(F)(F)/C=C/c1ccc(-c2ccccc2)cc1C(N)=O. The highest BCUT2D eigenvalue weighted by molar-refractivity contribution is 6.73. The molecule has 0 aliphatic heterocycles. The first-order chi connectivity index (χ1) is 17.1. The van der Waals surface area contributed by atoms with Gasteiger partial charge < -0.3 is 10.2 Å². The Balaban J connectivity index is 2.01. The molecule has 3 aromatic carbocycles. The van der Waals surface area contributed by atoms with Crippen molar-refractivity contribution in [2.45, 2.75) is 57.9 Å². The molecule has 1 amide bonds. The molecular formula is C30H35F2NO2Si. The van der Waals surface area contributed by atoms with Crippen molar-refractivity contribution >= 4 is 20.3 Å². The van der Waals surface area contributed by atoms with Crippen LogP contribution in [0.25, 0.3) is 17.2 Å². The molecule has 2 N–H and O–H groups in total. The van der Waals surface area contributed by atoms with Crippen LogP contribution in [0.4, 0.5) is 8.78 Å². The minimum Gasteiger partial charge on any atom is -0.404 e. The van der Waals surface area contributed by atoms with Crippen molar-refractivity contribution in [3.8, 4) is 11.1 Å². The number of amides is 1. The van der Waals surface area contributed by atoms with Gasteiger partial charge in [0.05, 0.1) is 0 Å². The van der Waals surface area contributed by atoms with Crippen LogP contribution in [0.5, 0.6) is 0 Å². The van der Waals surface area contributed by atoms with Gasteiger partial charge in [0.1, 0.15) is 6.10 Å². The number of hydrogen-bond acceptors (Lipinski definition) is 2. The van der Waals surface area contributed by atoms with Gasteiger partial charge in [0.25, 0.3) is 5.92 Å². The van der Waals surface area contributed by atoms with E-state index in [2.05, 4.69) is 0 Å². The molecule has 1 unspecified atom stereocenters. The lowest BCUT2D eigenvalue weighted by Gasteiger charge is -2.36. The predicted octanol–water partition coefficient (Wildman–Crippen LogP) is 8.17. The Morgan fingerprint density at radius 1 is 0.944 bits per heavy atom. The highest BCUT2D eigenvalue weighted by Gasteiger charge is 2.44. The molecule has 0 fully saturated rings. The van der Waals surface area contributed by atoms with Crippen LogP contribution in [0, 0.1) is 6.92 Å². The van der Waals surface area contributed by atoms with Crippen molar-refractivity contribution in [2.24, 2.45) is 5.73 Å². The van der Waals surface area contributed by atoms with Crippen LogP contribution >= 0.6 is 0 Å². The molecule has 190 valence electrons. The molecule has 3 aromatic rings. The highest BCUT2D eigenvalue weighted by Crippen LogP contribution is 2.41. The second-order valence-corrected chi connectivity index (χ2v) is 13.9. The smallest absolute Gasteiger partial charge is 0.295 e. The minimum absolute atomic E-state index is 0.190. The van der Waals surface area contributed by atoms with Crippen LogP contribution in [0.15, 0.2) is 78.9 Å². The van der Waals surface area contributed by atoms with E-state index in [1.165, 1.54) is 6.08 Å². The van der Waals surface area contributed by atoms with E-state index in [0.717, 1.165) is 40.9 Å². The lowest BCUT2D eigenvalue weighted by molar-refractivity contribution is -0.0627. The summed E-state index contributed by atoms with van der Waals surface area (Å²) in [6.45, 7) is 7.98. The zero-order valence-corrected chi connectivity index (χ0v) is 22.4. The van der Waals surface area contributed by atoms with E-state index in [1.807, 2.05) is 70.2 Å². The number of rotatable bonds is 11. The first kappa shape index (κ1) is 27.5. The Hall–Kier alpha value is -3.09. The van der Waals surface area contributed by atoms with Gasteiger partial charge in [-0.25, -0.2) is 0 Å². The third kappa shape index (κ3) is 6.36. The average Bonchev–Trinajstić information content (AvgIpc) is 2.89. The van der Waals surface area contributed by atoms with E-state index in [9.17, 15) is 4.79 Å². The van der Waals surface area contributed by atoms with Crippen LogP contribution < -0.4 is 5.73 Å². The van der Waals surface area contributed by atoms with E-state index in [1.54, 1.807) is 30.3 Å². The van der Waals surface area contributed by atoms with Crippen LogP contribution in [0.1, 0.15) is 53.9 Å². The molecule has 3 rings (SSSR count). The molecule has 3 nitrogen and oxygen atoms in total. The zero-order valence-electron chi connectivity index (χ0n) is 21.4. The van der Waals surface area contributed by atoms with Crippen molar-refractivity contribution in [3.05, 3.63) is 101 Å². The number of hydrogen-bond donors (Lipinski definition) is 1. The molecule has 0 radical (unpaired) electrons. The normalized spacial score (nSPS) is 13.2. The Kier molecular flexibility index (Phi) is 8.98. The summed E-state index contributed by atoms with van der Waals surface area (Å²) in [4.78, 5) is 12.2. The Bertz CT molecular complexity index is 1180. The monoisotopic (exact) mass is 507 g/mol. The van der Waals surface area contributed by atoms with E-state index < -0.39 is 26.3 Å². The maximum Gasteiger partial charge on any atom is 0.295 e. The Morgan fingerprint density at radius 3 is 2.11 bits per heavy atom. The summed E-state index contributed by atoms with van der Waals surface area (Å²) >= 11 is 0. The van der Waals surface area contributed by atoms with Crippen molar-refractivity contribution in [3.63, 3.8) is 0 Å². The van der Waals surface area contributed by atoms with E-state index in [-0.39, 0.29) is 5.56 Å². The maximum absolute atomic E-state index is 15.9. The first-order valence-corrected chi connectivity index (χ1v) is 15.0. The number of carbonyl (C=O) groups excluding carboxylic acids is 1. The van der Waals surface area contributed by atoms with Gasteiger partial charge in [0.2, 0.25) is 5.91 Å². The van der Waals surface area contributed by atoms with Gasteiger partial charge in [-0.15, -0.1) is 0 Å².